The molecule has 2 rings (SSSR count). The summed E-state index contributed by atoms with van der Waals surface area (Å²) < 4.78 is 0. The average Bonchev–Trinajstić information content (AvgIpc) is 2.67. The van der Waals surface area contributed by atoms with E-state index < -0.39 is 0 Å². The Kier molecular flexibility index (Phi) is 3.28. The molecule has 0 heterocycles. The lowest BCUT2D eigenvalue weighted by Crippen LogP contribution is -2.26. The molecule has 0 aromatic carbocycles. The average molecular weight is 206 g/mol. The third-order valence-electron chi connectivity index (χ3n) is 3.91. The topological polar surface area (TPSA) is 17.1 Å². The second-order valence-electron chi connectivity index (χ2n) is 5.60. The van der Waals surface area contributed by atoms with Crippen molar-refractivity contribution < 1.29 is 4.79 Å². The van der Waals surface area contributed by atoms with E-state index in [2.05, 4.69) is 19.9 Å². The van der Waals surface area contributed by atoms with Gasteiger partial charge in [0.05, 0.1) is 0 Å². The minimum atomic E-state index is 0.341. The van der Waals surface area contributed by atoms with Crippen molar-refractivity contribution in [3.8, 4) is 0 Å². The van der Waals surface area contributed by atoms with Crippen molar-refractivity contribution in [2.24, 2.45) is 17.8 Å². The van der Waals surface area contributed by atoms with E-state index in [-0.39, 0.29) is 0 Å². The summed E-state index contributed by atoms with van der Waals surface area (Å²) in [7, 11) is 0. The molecule has 0 bridgehead atoms. The molecule has 0 amide bonds. The largest absolute Gasteiger partial charge is 0.294 e. The van der Waals surface area contributed by atoms with Gasteiger partial charge in [0.1, 0.15) is 0 Å². The molecule has 2 atom stereocenters. The zero-order chi connectivity index (χ0) is 10.8. The summed E-state index contributed by atoms with van der Waals surface area (Å²) in [5, 5.41) is 0. The van der Waals surface area contributed by atoms with E-state index in [0.29, 0.717) is 11.7 Å². The second kappa shape index (κ2) is 4.51. The molecule has 0 aromatic rings. The molecule has 0 aromatic heterocycles. The lowest BCUT2D eigenvalue weighted by atomic mass is 9.74. The van der Waals surface area contributed by atoms with Crippen LogP contribution in [0, 0.1) is 17.8 Å². The Labute approximate surface area is 92.9 Å². The first-order chi connectivity index (χ1) is 7.16. The van der Waals surface area contributed by atoms with Gasteiger partial charge in [-0.1, -0.05) is 19.9 Å². The molecule has 0 aliphatic heterocycles. The highest BCUT2D eigenvalue weighted by Crippen LogP contribution is 2.36. The van der Waals surface area contributed by atoms with Crippen LogP contribution in [-0.4, -0.2) is 5.78 Å². The van der Waals surface area contributed by atoms with E-state index in [9.17, 15) is 4.79 Å². The first-order valence-corrected chi connectivity index (χ1v) is 6.40. The predicted octanol–water partition coefficient (Wildman–Crippen LogP) is 3.74. The summed E-state index contributed by atoms with van der Waals surface area (Å²) in [5.74, 6) is 2.30. The highest BCUT2D eigenvalue weighted by atomic mass is 16.1. The van der Waals surface area contributed by atoms with E-state index in [1.807, 2.05) is 0 Å². The fourth-order valence-electron chi connectivity index (χ4n) is 3.32. The van der Waals surface area contributed by atoms with Crippen LogP contribution in [0.1, 0.15) is 52.4 Å². The fraction of sp³-hybridized carbons (Fsp3) is 0.786. The Hall–Kier alpha value is -0.590. The zero-order valence-corrected chi connectivity index (χ0v) is 9.96. The Morgan fingerprint density at radius 3 is 2.40 bits per heavy atom. The van der Waals surface area contributed by atoms with E-state index in [4.69, 9.17) is 0 Å². The molecule has 1 saturated carbocycles. The molecule has 84 valence electrons. The van der Waals surface area contributed by atoms with Crippen LogP contribution in [0.2, 0.25) is 0 Å². The number of carbonyl (C=O) groups excluding carboxylic acids is 1. The van der Waals surface area contributed by atoms with Crippen LogP contribution in [0.4, 0.5) is 0 Å². The van der Waals surface area contributed by atoms with Crippen LogP contribution in [0.25, 0.3) is 0 Å². The molecule has 1 fully saturated rings. The van der Waals surface area contributed by atoms with Gasteiger partial charge in [-0.15, -0.1) is 0 Å². The first kappa shape index (κ1) is 10.9. The lowest BCUT2D eigenvalue weighted by molar-refractivity contribution is -0.121. The Morgan fingerprint density at radius 2 is 1.87 bits per heavy atom. The van der Waals surface area contributed by atoms with Crippen LogP contribution in [-0.2, 0) is 4.79 Å². The molecular weight excluding hydrogens is 184 g/mol. The molecule has 2 aliphatic carbocycles. The molecule has 0 N–H and O–H groups in total. The Morgan fingerprint density at radius 1 is 1.20 bits per heavy atom. The maximum atomic E-state index is 12.2. The maximum Gasteiger partial charge on any atom is 0.161 e. The van der Waals surface area contributed by atoms with Crippen LogP contribution in [0.15, 0.2) is 11.6 Å². The maximum absolute atomic E-state index is 12.2. The molecule has 0 radical (unpaired) electrons. The minimum Gasteiger partial charge on any atom is -0.294 e. The van der Waals surface area contributed by atoms with E-state index in [0.717, 1.165) is 43.1 Å². The van der Waals surface area contributed by atoms with Crippen molar-refractivity contribution in [3.05, 3.63) is 11.6 Å². The van der Waals surface area contributed by atoms with E-state index in [1.54, 1.807) is 0 Å². The van der Waals surface area contributed by atoms with Gasteiger partial charge < -0.3 is 0 Å². The fourth-order valence-corrected chi connectivity index (χ4v) is 3.32. The molecular formula is C14H22O. The molecule has 2 unspecified atom stereocenters. The van der Waals surface area contributed by atoms with Gasteiger partial charge in [-0.2, -0.15) is 0 Å². The van der Waals surface area contributed by atoms with Gasteiger partial charge in [0.2, 0.25) is 0 Å². The summed E-state index contributed by atoms with van der Waals surface area (Å²) in [6.07, 6.45) is 9.09. The normalized spacial score (nSPS) is 36.4. The molecule has 0 saturated heterocycles. The van der Waals surface area contributed by atoms with Crippen LogP contribution in [0.5, 0.6) is 0 Å². The summed E-state index contributed by atoms with van der Waals surface area (Å²) in [6, 6.07) is 0. The Balaban J connectivity index is 2.00. The molecule has 0 spiro atoms. The number of carbonyl (C=O) groups is 1. The van der Waals surface area contributed by atoms with Crippen molar-refractivity contribution in [2.45, 2.75) is 52.4 Å². The minimum absolute atomic E-state index is 0.341. The third kappa shape index (κ3) is 2.50. The smallest absolute Gasteiger partial charge is 0.161 e. The highest BCUT2D eigenvalue weighted by Gasteiger charge is 2.30. The second-order valence-corrected chi connectivity index (χ2v) is 5.60. The number of rotatable bonds is 2. The predicted molar refractivity (Wildman–Crippen MR) is 62.6 cm³/mol. The van der Waals surface area contributed by atoms with Crippen molar-refractivity contribution in [2.75, 3.05) is 0 Å². The van der Waals surface area contributed by atoms with Gasteiger partial charge in [0.15, 0.2) is 5.78 Å². The monoisotopic (exact) mass is 206 g/mol. The lowest BCUT2D eigenvalue weighted by Gasteiger charge is -2.30. The first-order valence-electron chi connectivity index (χ1n) is 6.40. The van der Waals surface area contributed by atoms with E-state index >= 15 is 0 Å². The van der Waals surface area contributed by atoms with Gasteiger partial charge in [0.25, 0.3) is 0 Å². The Bertz CT molecular complexity index is 267. The van der Waals surface area contributed by atoms with E-state index in [1.165, 1.54) is 12.8 Å². The van der Waals surface area contributed by atoms with Crippen LogP contribution < -0.4 is 0 Å². The van der Waals surface area contributed by atoms with Gasteiger partial charge in [-0.05, 0) is 55.9 Å². The summed E-state index contributed by atoms with van der Waals surface area (Å²) in [6.45, 7) is 4.58. The van der Waals surface area contributed by atoms with Crippen molar-refractivity contribution in [3.63, 3.8) is 0 Å². The van der Waals surface area contributed by atoms with Gasteiger partial charge in [-0.3, -0.25) is 4.79 Å². The molecule has 15 heavy (non-hydrogen) atoms. The summed E-state index contributed by atoms with van der Waals surface area (Å²) in [5.41, 5.74) is 1.14. The number of allylic oxidation sites excluding steroid dienone is 2. The summed E-state index contributed by atoms with van der Waals surface area (Å²) >= 11 is 0. The van der Waals surface area contributed by atoms with Gasteiger partial charge >= 0.3 is 0 Å². The quantitative estimate of drug-likeness (QED) is 0.672. The van der Waals surface area contributed by atoms with Gasteiger partial charge in [-0.25, -0.2) is 0 Å². The zero-order valence-electron chi connectivity index (χ0n) is 9.96. The SMILES string of the molecule is CC1CC(C)CC(C(=O)C2=CCCC2)C1. The highest BCUT2D eigenvalue weighted by molar-refractivity contribution is 5.97. The number of hydrogen-bond donors (Lipinski definition) is 0. The van der Waals surface area contributed by atoms with Crippen molar-refractivity contribution in [1.29, 1.82) is 0 Å². The van der Waals surface area contributed by atoms with Crippen molar-refractivity contribution in [1.82, 2.24) is 0 Å². The van der Waals surface area contributed by atoms with Crippen molar-refractivity contribution >= 4 is 5.78 Å². The standard InChI is InChI=1S/C14H22O/c1-10-7-11(2)9-13(8-10)14(15)12-5-3-4-6-12/h5,10-11,13H,3-4,6-9H2,1-2H3. The number of ketones is 1. The number of hydrogen-bond acceptors (Lipinski definition) is 1. The summed E-state index contributed by atoms with van der Waals surface area (Å²) in [4.78, 5) is 12.2. The molecule has 2 aliphatic rings. The molecule has 1 heteroatoms. The van der Waals surface area contributed by atoms with Crippen LogP contribution in [0.3, 0.4) is 0 Å². The molecule has 1 nitrogen and oxygen atoms in total. The van der Waals surface area contributed by atoms with Gasteiger partial charge in [0, 0.05) is 5.92 Å². The number of Topliss-reactive ketones (excluding diaryl/α,β-unsaturated/α-hetero) is 1. The third-order valence-corrected chi connectivity index (χ3v) is 3.91. The van der Waals surface area contributed by atoms with Crippen LogP contribution >= 0.6 is 0 Å².